The van der Waals surface area contributed by atoms with Gasteiger partial charge in [0.1, 0.15) is 11.1 Å². The fraction of sp³-hybridized carbons (Fsp3) is 0.208. The molecule has 1 heterocycles. The monoisotopic (exact) mass is 408 g/mol. The molecule has 29 heavy (non-hydrogen) atoms. The summed E-state index contributed by atoms with van der Waals surface area (Å²) in [5, 5.41) is -0.724. The number of hydrogen-bond acceptors (Lipinski definition) is 2. The van der Waals surface area contributed by atoms with Crippen LogP contribution in [0.2, 0.25) is 0 Å². The summed E-state index contributed by atoms with van der Waals surface area (Å²) in [7, 11) is 1.66. The van der Waals surface area contributed by atoms with E-state index in [-0.39, 0.29) is 5.91 Å². The number of alkyl halides is 1. The largest absolute Gasteiger partial charge is 0.497 e. The zero-order valence-electron chi connectivity index (χ0n) is 16.5. The second-order valence-corrected chi connectivity index (χ2v) is 7.20. The van der Waals surface area contributed by atoms with Crippen molar-refractivity contribution in [1.82, 2.24) is 9.47 Å². The minimum absolute atomic E-state index is 0.133. The fourth-order valence-corrected chi connectivity index (χ4v) is 3.51. The molecule has 1 atom stereocenters. The van der Waals surface area contributed by atoms with Gasteiger partial charge in [-0.15, -0.1) is 18.2 Å². The van der Waals surface area contributed by atoms with Gasteiger partial charge in [0.05, 0.1) is 13.7 Å². The quantitative estimate of drug-likeness (QED) is 0.367. The van der Waals surface area contributed by atoms with Crippen LogP contribution in [0.5, 0.6) is 5.75 Å². The molecule has 5 heteroatoms. The molecule has 0 aliphatic carbocycles. The van der Waals surface area contributed by atoms with Crippen LogP contribution in [0, 0.1) is 0 Å². The molecule has 0 spiro atoms. The van der Waals surface area contributed by atoms with Gasteiger partial charge in [-0.2, -0.15) is 0 Å². The van der Waals surface area contributed by atoms with Gasteiger partial charge in [0, 0.05) is 25.0 Å². The number of nitrogens with zero attached hydrogens (tertiary/aromatic N) is 2. The zero-order valence-corrected chi connectivity index (χ0v) is 17.3. The summed E-state index contributed by atoms with van der Waals surface area (Å²) in [4.78, 5) is 14.8. The van der Waals surface area contributed by atoms with Crippen LogP contribution < -0.4 is 4.74 Å². The predicted molar refractivity (Wildman–Crippen MR) is 117 cm³/mol. The van der Waals surface area contributed by atoms with Crippen molar-refractivity contribution in [1.29, 1.82) is 0 Å². The van der Waals surface area contributed by atoms with E-state index in [2.05, 4.69) is 17.2 Å². The minimum Gasteiger partial charge on any atom is -0.497 e. The lowest BCUT2D eigenvalue weighted by Gasteiger charge is -2.25. The van der Waals surface area contributed by atoms with Gasteiger partial charge in [0.15, 0.2) is 0 Å². The Morgan fingerprint density at radius 1 is 1.17 bits per heavy atom. The number of carbonyl (C=O) groups is 1. The molecule has 0 aliphatic rings. The van der Waals surface area contributed by atoms with Gasteiger partial charge >= 0.3 is 0 Å². The van der Waals surface area contributed by atoms with Gasteiger partial charge < -0.3 is 14.2 Å². The van der Waals surface area contributed by atoms with Crippen LogP contribution >= 0.6 is 11.6 Å². The molecule has 0 fully saturated rings. The van der Waals surface area contributed by atoms with Gasteiger partial charge in [-0.1, -0.05) is 48.5 Å². The predicted octanol–water partition coefficient (Wildman–Crippen LogP) is 5.04. The van der Waals surface area contributed by atoms with Crippen LogP contribution in [0.15, 0.2) is 85.6 Å². The third kappa shape index (κ3) is 5.30. The summed E-state index contributed by atoms with van der Waals surface area (Å²) in [6.45, 7) is 5.37. The first-order valence-electron chi connectivity index (χ1n) is 9.48. The first-order chi connectivity index (χ1) is 14.1. The lowest BCUT2D eigenvalue weighted by atomic mass is 10.1. The number of rotatable bonds is 9. The number of amides is 1. The summed E-state index contributed by atoms with van der Waals surface area (Å²) in [5.41, 5.74) is 2.95. The standard InChI is InChI=1S/C24H25ClN2O2/c1-3-14-27(24(28)23(25)20-10-5-4-6-11-20)18-21-12-8-15-26(21)17-19-9-7-13-22(16-19)29-2/h3-13,15-16,23H,1,14,17-18H2,2H3. The first-order valence-corrected chi connectivity index (χ1v) is 9.91. The van der Waals surface area contributed by atoms with Gasteiger partial charge in [-0.05, 0) is 35.4 Å². The van der Waals surface area contributed by atoms with Crippen LogP contribution in [0.3, 0.4) is 0 Å². The van der Waals surface area contributed by atoms with Crippen LogP contribution in [0.1, 0.15) is 22.2 Å². The Hall–Kier alpha value is -2.98. The Labute approximate surface area is 177 Å². The number of hydrogen-bond donors (Lipinski definition) is 0. The van der Waals surface area contributed by atoms with Crippen molar-refractivity contribution in [2.45, 2.75) is 18.5 Å². The van der Waals surface area contributed by atoms with E-state index >= 15 is 0 Å². The molecule has 3 rings (SSSR count). The first kappa shape index (κ1) is 20.7. The fourth-order valence-electron chi connectivity index (χ4n) is 3.22. The number of methoxy groups -OCH3 is 1. The molecule has 1 aromatic heterocycles. The molecular formula is C24H25ClN2O2. The lowest BCUT2D eigenvalue weighted by Crippen LogP contribution is -2.34. The van der Waals surface area contributed by atoms with Crippen molar-refractivity contribution >= 4 is 17.5 Å². The van der Waals surface area contributed by atoms with E-state index in [9.17, 15) is 4.79 Å². The van der Waals surface area contributed by atoms with Gasteiger partial charge in [-0.3, -0.25) is 4.79 Å². The SMILES string of the molecule is C=CCN(Cc1cccn1Cc1cccc(OC)c1)C(=O)C(Cl)c1ccccc1. The molecular weight excluding hydrogens is 384 g/mol. The van der Waals surface area contributed by atoms with E-state index in [0.717, 1.165) is 22.6 Å². The summed E-state index contributed by atoms with van der Waals surface area (Å²) in [6, 6.07) is 21.4. The highest BCUT2D eigenvalue weighted by Gasteiger charge is 2.24. The van der Waals surface area contributed by atoms with Crippen molar-refractivity contribution in [3.05, 3.63) is 102 Å². The highest BCUT2D eigenvalue weighted by atomic mass is 35.5. The third-order valence-electron chi connectivity index (χ3n) is 4.73. The van der Waals surface area contributed by atoms with E-state index in [1.165, 1.54) is 0 Å². The van der Waals surface area contributed by atoms with Crippen molar-refractivity contribution < 1.29 is 9.53 Å². The summed E-state index contributed by atoms with van der Waals surface area (Å²) < 4.78 is 7.44. The maximum Gasteiger partial charge on any atom is 0.245 e. The van der Waals surface area contributed by atoms with E-state index in [1.54, 1.807) is 18.1 Å². The molecule has 3 aromatic rings. The molecule has 1 unspecified atom stereocenters. The Kier molecular flexibility index (Phi) is 7.14. The molecule has 0 bridgehead atoms. The minimum atomic E-state index is -0.724. The average Bonchev–Trinajstić information content (AvgIpc) is 3.19. The molecule has 0 radical (unpaired) electrons. The van der Waals surface area contributed by atoms with Crippen LogP contribution in [0.25, 0.3) is 0 Å². The number of ether oxygens (including phenoxy) is 1. The highest BCUT2D eigenvalue weighted by molar-refractivity contribution is 6.30. The van der Waals surface area contributed by atoms with Crippen LogP contribution in [0.4, 0.5) is 0 Å². The number of halogens is 1. The molecule has 2 aromatic carbocycles. The van der Waals surface area contributed by atoms with Gasteiger partial charge in [0.2, 0.25) is 5.91 Å². The maximum atomic E-state index is 13.0. The summed E-state index contributed by atoms with van der Waals surface area (Å²) >= 11 is 6.48. The molecule has 4 nitrogen and oxygen atoms in total. The second-order valence-electron chi connectivity index (χ2n) is 6.76. The second kappa shape index (κ2) is 9.99. The van der Waals surface area contributed by atoms with E-state index in [4.69, 9.17) is 16.3 Å². The Morgan fingerprint density at radius 3 is 2.69 bits per heavy atom. The van der Waals surface area contributed by atoms with E-state index in [0.29, 0.717) is 19.6 Å². The molecule has 1 amide bonds. The van der Waals surface area contributed by atoms with Crippen LogP contribution in [-0.2, 0) is 17.9 Å². The topological polar surface area (TPSA) is 34.5 Å². The van der Waals surface area contributed by atoms with Gasteiger partial charge in [0.25, 0.3) is 0 Å². The molecule has 0 N–H and O–H groups in total. The Morgan fingerprint density at radius 2 is 1.97 bits per heavy atom. The van der Waals surface area contributed by atoms with Crippen molar-refractivity contribution in [2.75, 3.05) is 13.7 Å². The Balaban J connectivity index is 1.77. The van der Waals surface area contributed by atoms with Crippen LogP contribution in [-0.4, -0.2) is 29.0 Å². The van der Waals surface area contributed by atoms with E-state index < -0.39 is 5.38 Å². The summed E-state index contributed by atoms with van der Waals surface area (Å²) in [6.07, 6.45) is 3.74. The zero-order chi connectivity index (χ0) is 20.6. The van der Waals surface area contributed by atoms with Gasteiger partial charge in [-0.25, -0.2) is 0 Å². The lowest BCUT2D eigenvalue weighted by molar-refractivity contribution is -0.131. The normalized spacial score (nSPS) is 11.7. The number of benzene rings is 2. The molecule has 0 saturated heterocycles. The van der Waals surface area contributed by atoms with Crippen molar-refractivity contribution in [3.63, 3.8) is 0 Å². The average molecular weight is 409 g/mol. The molecule has 0 saturated carbocycles. The number of carbonyl (C=O) groups excluding carboxylic acids is 1. The van der Waals surface area contributed by atoms with Crippen molar-refractivity contribution in [2.24, 2.45) is 0 Å². The van der Waals surface area contributed by atoms with E-state index in [1.807, 2.05) is 66.9 Å². The molecule has 150 valence electrons. The maximum absolute atomic E-state index is 13.0. The molecule has 0 aliphatic heterocycles. The third-order valence-corrected chi connectivity index (χ3v) is 5.17. The van der Waals surface area contributed by atoms with Crippen molar-refractivity contribution in [3.8, 4) is 5.75 Å². The summed E-state index contributed by atoms with van der Waals surface area (Å²) in [5.74, 6) is 0.694. The highest BCUT2D eigenvalue weighted by Crippen LogP contribution is 2.24. The smallest absolute Gasteiger partial charge is 0.245 e. The Bertz CT molecular complexity index is 952. The number of aromatic nitrogens is 1.